The zero-order chi connectivity index (χ0) is 25.0. The lowest BCUT2D eigenvalue weighted by molar-refractivity contribution is -0.184. The van der Waals surface area contributed by atoms with Crippen LogP contribution in [0.2, 0.25) is 0 Å². The minimum Gasteiger partial charge on any atom is -0.491 e. The fourth-order valence-electron chi connectivity index (χ4n) is 4.61. The molecule has 4 heterocycles. The molecular formula is C24H25ClF4N6O. The van der Waals surface area contributed by atoms with Crippen LogP contribution in [0.15, 0.2) is 42.6 Å². The number of fused-ring (bicyclic) bond motifs is 2. The van der Waals surface area contributed by atoms with Gasteiger partial charge in [0.25, 0.3) is 0 Å². The summed E-state index contributed by atoms with van der Waals surface area (Å²) in [6.07, 6.45) is -2.62. The largest absolute Gasteiger partial charge is 0.491 e. The predicted octanol–water partition coefficient (Wildman–Crippen LogP) is 4.93. The lowest BCUT2D eigenvalue weighted by Gasteiger charge is -2.31. The Morgan fingerprint density at radius 1 is 1.17 bits per heavy atom. The highest BCUT2D eigenvalue weighted by Gasteiger charge is 2.48. The van der Waals surface area contributed by atoms with Crippen molar-refractivity contribution < 1.29 is 22.3 Å². The number of hydrogen-bond acceptors (Lipinski definition) is 6. The van der Waals surface area contributed by atoms with Gasteiger partial charge in [-0.3, -0.25) is 9.30 Å². The van der Waals surface area contributed by atoms with Crippen LogP contribution in [0.1, 0.15) is 31.9 Å². The van der Waals surface area contributed by atoms with Crippen LogP contribution in [0.3, 0.4) is 0 Å². The van der Waals surface area contributed by atoms with Crippen LogP contribution in [0, 0.1) is 5.82 Å². The lowest BCUT2D eigenvalue weighted by atomic mass is 10.0. The molecule has 0 aliphatic carbocycles. The Hall–Kier alpha value is -3.02. The Balaban J connectivity index is 0.00000304. The van der Waals surface area contributed by atoms with Crippen LogP contribution < -0.4 is 10.5 Å². The second-order valence-electron chi connectivity index (χ2n) is 9.14. The molecule has 0 radical (unpaired) electrons. The minimum atomic E-state index is -4.50. The van der Waals surface area contributed by atoms with Gasteiger partial charge in [-0.1, -0.05) is 12.1 Å². The number of likely N-dealkylation sites (tertiary alicyclic amines) is 1. The van der Waals surface area contributed by atoms with Crippen molar-refractivity contribution in [2.24, 2.45) is 5.73 Å². The first kappa shape index (κ1) is 26.1. The number of ether oxygens (including phenoxy) is 1. The summed E-state index contributed by atoms with van der Waals surface area (Å²) >= 11 is 0. The van der Waals surface area contributed by atoms with Crippen molar-refractivity contribution >= 4 is 29.0 Å². The minimum absolute atomic E-state index is 0. The number of alkyl halides is 3. The molecule has 0 amide bonds. The topological polar surface area (TPSA) is 81.6 Å². The average Bonchev–Trinajstić information content (AvgIpc) is 3.36. The number of hydrogen-bond donors (Lipinski definition) is 1. The standard InChI is InChI=1S/C24H24F4N6O.ClH/c1-3-35-19-11-18-14(10-16(19)25)4-6-17(30-18)22-32-31-20-7-5-15(12-34(20)22)21(24(26,27)28)33-9-8-23(2,29)13-33;/h4-7,10-12,21H,3,8-9,13,29H2,1-2H3;1H/t21-,23+;/m0./s1. The number of nitrogens with zero attached hydrogens (tertiary/aromatic N) is 5. The molecule has 0 spiro atoms. The number of pyridine rings is 2. The smallest absolute Gasteiger partial charge is 0.408 e. The summed E-state index contributed by atoms with van der Waals surface area (Å²) in [6, 6.07) is 7.23. The molecule has 5 rings (SSSR count). The van der Waals surface area contributed by atoms with Gasteiger partial charge in [-0.15, -0.1) is 22.6 Å². The summed E-state index contributed by atoms with van der Waals surface area (Å²) in [5, 5.41) is 8.81. The second-order valence-corrected chi connectivity index (χ2v) is 9.14. The molecule has 7 nitrogen and oxygen atoms in total. The molecule has 12 heteroatoms. The molecule has 4 aromatic rings. The van der Waals surface area contributed by atoms with E-state index in [1.165, 1.54) is 39.8 Å². The molecule has 0 unspecified atom stereocenters. The Kier molecular flexibility index (Phi) is 6.84. The van der Waals surface area contributed by atoms with Crippen LogP contribution in [-0.4, -0.2) is 55.9 Å². The molecule has 0 saturated carbocycles. The van der Waals surface area contributed by atoms with Crippen molar-refractivity contribution in [1.82, 2.24) is 24.5 Å². The van der Waals surface area contributed by atoms with Gasteiger partial charge in [0.2, 0.25) is 0 Å². The van der Waals surface area contributed by atoms with E-state index in [0.717, 1.165) is 0 Å². The van der Waals surface area contributed by atoms with Gasteiger partial charge in [-0.2, -0.15) is 13.2 Å². The molecule has 2 atom stereocenters. The number of benzene rings is 1. The number of aromatic nitrogens is 4. The molecule has 0 bridgehead atoms. The molecular weight excluding hydrogens is 500 g/mol. The maximum absolute atomic E-state index is 14.2. The lowest BCUT2D eigenvalue weighted by Crippen LogP contribution is -2.43. The zero-order valence-electron chi connectivity index (χ0n) is 19.6. The summed E-state index contributed by atoms with van der Waals surface area (Å²) < 4.78 is 63.6. The summed E-state index contributed by atoms with van der Waals surface area (Å²) in [6.45, 7) is 4.18. The van der Waals surface area contributed by atoms with E-state index in [4.69, 9.17) is 10.5 Å². The first-order valence-corrected chi connectivity index (χ1v) is 11.2. The van der Waals surface area contributed by atoms with Gasteiger partial charge >= 0.3 is 6.18 Å². The number of rotatable bonds is 5. The highest BCUT2D eigenvalue weighted by atomic mass is 35.5. The molecule has 1 saturated heterocycles. The average molecular weight is 525 g/mol. The third-order valence-electron chi connectivity index (χ3n) is 6.22. The van der Waals surface area contributed by atoms with Gasteiger partial charge in [0, 0.05) is 36.3 Å². The first-order valence-electron chi connectivity index (χ1n) is 11.2. The molecule has 1 aliphatic rings. The van der Waals surface area contributed by atoms with Crippen molar-refractivity contribution in [1.29, 1.82) is 0 Å². The van der Waals surface area contributed by atoms with Crippen molar-refractivity contribution in [2.45, 2.75) is 38.0 Å². The van der Waals surface area contributed by atoms with E-state index in [1.807, 2.05) is 0 Å². The van der Waals surface area contributed by atoms with Gasteiger partial charge < -0.3 is 10.5 Å². The van der Waals surface area contributed by atoms with Crippen LogP contribution in [0.25, 0.3) is 28.1 Å². The Morgan fingerprint density at radius 3 is 2.61 bits per heavy atom. The van der Waals surface area contributed by atoms with Gasteiger partial charge in [0.1, 0.15) is 11.7 Å². The first-order chi connectivity index (χ1) is 16.6. The monoisotopic (exact) mass is 524 g/mol. The summed E-state index contributed by atoms with van der Waals surface area (Å²) in [7, 11) is 0. The maximum atomic E-state index is 14.2. The van der Waals surface area contributed by atoms with Gasteiger partial charge in [-0.25, -0.2) is 9.37 Å². The van der Waals surface area contributed by atoms with E-state index in [2.05, 4.69) is 15.2 Å². The van der Waals surface area contributed by atoms with E-state index in [0.29, 0.717) is 35.3 Å². The fraction of sp³-hybridized carbons (Fsp3) is 0.375. The van der Waals surface area contributed by atoms with Crippen molar-refractivity contribution in [3.8, 4) is 17.3 Å². The molecule has 3 aromatic heterocycles. The van der Waals surface area contributed by atoms with E-state index < -0.39 is 23.6 Å². The van der Waals surface area contributed by atoms with E-state index in [9.17, 15) is 17.6 Å². The van der Waals surface area contributed by atoms with Crippen LogP contribution in [-0.2, 0) is 0 Å². The van der Waals surface area contributed by atoms with E-state index in [1.54, 1.807) is 26.0 Å². The molecule has 2 N–H and O–H groups in total. The Bertz CT molecular complexity index is 1410. The molecule has 192 valence electrons. The third-order valence-corrected chi connectivity index (χ3v) is 6.22. The second kappa shape index (κ2) is 9.45. The van der Waals surface area contributed by atoms with Crippen molar-refractivity contribution in [3.05, 3.63) is 54.0 Å². The highest BCUT2D eigenvalue weighted by molar-refractivity contribution is 5.85. The summed E-state index contributed by atoms with van der Waals surface area (Å²) in [5.74, 6) is -0.152. The maximum Gasteiger partial charge on any atom is 0.408 e. The summed E-state index contributed by atoms with van der Waals surface area (Å²) in [5.41, 5.74) is 6.73. The predicted molar refractivity (Wildman–Crippen MR) is 130 cm³/mol. The van der Waals surface area contributed by atoms with Crippen molar-refractivity contribution in [3.63, 3.8) is 0 Å². The molecule has 36 heavy (non-hydrogen) atoms. The molecule has 1 fully saturated rings. The highest BCUT2D eigenvalue weighted by Crippen LogP contribution is 2.41. The Labute approximate surface area is 210 Å². The zero-order valence-corrected chi connectivity index (χ0v) is 20.4. The van der Waals surface area contributed by atoms with Crippen LogP contribution in [0.4, 0.5) is 17.6 Å². The van der Waals surface area contributed by atoms with Crippen LogP contribution >= 0.6 is 12.4 Å². The van der Waals surface area contributed by atoms with Gasteiger partial charge in [0.05, 0.1) is 12.1 Å². The van der Waals surface area contributed by atoms with Crippen LogP contribution in [0.5, 0.6) is 5.75 Å². The normalized spacial score (nSPS) is 19.5. The van der Waals surface area contributed by atoms with Gasteiger partial charge in [-0.05, 0) is 44.0 Å². The SMILES string of the molecule is CCOc1cc2nc(-c3nnc4ccc([C@H](N5CC[C@@](C)(N)C5)C(F)(F)F)cn34)ccc2cc1F.Cl. The van der Waals surface area contributed by atoms with E-state index >= 15 is 0 Å². The summed E-state index contributed by atoms with van der Waals surface area (Å²) in [4.78, 5) is 5.92. The van der Waals surface area contributed by atoms with E-state index in [-0.39, 0.29) is 42.6 Å². The number of halogens is 5. The molecule has 1 aliphatic heterocycles. The van der Waals surface area contributed by atoms with Gasteiger partial charge in [0.15, 0.2) is 23.0 Å². The third kappa shape index (κ3) is 4.82. The Morgan fingerprint density at radius 2 is 1.94 bits per heavy atom. The molecule has 1 aromatic carbocycles. The quantitative estimate of drug-likeness (QED) is 0.373. The number of nitrogens with two attached hydrogens (primary N) is 1. The fourth-order valence-corrected chi connectivity index (χ4v) is 4.61. The van der Waals surface area contributed by atoms with Crippen molar-refractivity contribution in [2.75, 3.05) is 19.7 Å².